The normalized spacial score (nSPS) is 12.5. The minimum atomic E-state index is 1.10. The van der Waals surface area contributed by atoms with E-state index < -0.39 is 0 Å². The van der Waals surface area contributed by atoms with E-state index in [1.807, 2.05) is 0 Å². The molecule has 0 saturated heterocycles. The van der Waals surface area contributed by atoms with Gasteiger partial charge < -0.3 is 0 Å². The van der Waals surface area contributed by atoms with Gasteiger partial charge in [-0.2, -0.15) is 0 Å². The number of hydrogen-bond acceptors (Lipinski definition) is 0. The van der Waals surface area contributed by atoms with Crippen molar-refractivity contribution in [2.45, 2.75) is 157 Å². The number of hydrogen-bond donors (Lipinski definition) is 0. The van der Waals surface area contributed by atoms with Crippen LogP contribution < -0.4 is 0 Å². The van der Waals surface area contributed by atoms with Gasteiger partial charge in [-0.25, -0.2) is 0 Å². The lowest BCUT2D eigenvalue weighted by Crippen LogP contribution is -1.98. The van der Waals surface area contributed by atoms with Gasteiger partial charge in [-0.1, -0.05) is 145 Å². The van der Waals surface area contributed by atoms with E-state index >= 15 is 0 Å². The standard InChI is InChI=1S/3C17H18.2C16H16/c1-10-5-6-14-9-15-12(3)8-11(2)13(4)17(15)16(14)7-10;1-10-6-5-7-14-9-15-12(3)8-11(2)13(4)17(15)16(10)14;1-10-11(2)13(4)17-15-8-6-5-7-14(15)9-16(17)12(10)3;1-10-4-7-15-14(8-10)9-13-6-5-11(2)12(3)16(13)15;1-10-7-8-13-9-15-11(2)5-4-6-14(15)16(13)12(10)3/h3*5-8H,9H2,1-4H3;2*4-8H,9H2,1-3H3. The molecule has 0 spiro atoms. The van der Waals surface area contributed by atoms with Crippen molar-refractivity contribution >= 4 is 0 Å². The molecule has 5 aliphatic rings. The van der Waals surface area contributed by atoms with E-state index in [1.165, 1.54) is 206 Å². The van der Waals surface area contributed by atoms with Gasteiger partial charge in [0, 0.05) is 0 Å². The van der Waals surface area contributed by atoms with Crippen LogP contribution in [0.1, 0.15) is 156 Å². The lowest BCUT2D eigenvalue weighted by molar-refractivity contribution is 1.15. The first-order chi connectivity index (χ1) is 39.6. The van der Waals surface area contributed by atoms with Crippen molar-refractivity contribution in [1.82, 2.24) is 0 Å². The molecule has 0 atom stereocenters. The molecule has 0 amide bonds. The van der Waals surface area contributed by atoms with Gasteiger partial charge >= 0.3 is 0 Å². The van der Waals surface area contributed by atoms with Gasteiger partial charge in [-0.15, -0.1) is 0 Å². The molecule has 0 unspecified atom stereocenters. The molecule has 5 aliphatic carbocycles. The van der Waals surface area contributed by atoms with Gasteiger partial charge in [-0.3, -0.25) is 0 Å². The van der Waals surface area contributed by atoms with Crippen molar-refractivity contribution in [3.63, 3.8) is 0 Å². The Morgan fingerprint density at radius 3 is 1.34 bits per heavy atom. The van der Waals surface area contributed by atoms with Crippen LogP contribution in [0.5, 0.6) is 0 Å². The quantitative estimate of drug-likeness (QED) is 0.142. The van der Waals surface area contributed by atoms with Crippen LogP contribution in [0.2, 0.25) is 0 Å². The summed E-state index contributed by atoms with van der Waals surface area (Å²) in [5, 5.41) is 0. The summed E-state index contributed by atoms with van der Waals surface area (Å²) in [5.74, 6) is 0. The summed E-state index contributed by atoms with van der Waals surface area (Å²) < 4.78 is 0. The average molecular weight is 1080 g/mol. The van der Waals surface area contributed by atoms with Crippen molar-refractivity contribution in [3.8, 4) is 55.6 Å². The smallest absolute Gasteiger partial charge is 0.00106 e. The maximum Gasteiger partial charge on any atom is -0.00106 e. The highest BCUT2D eigenvalue weighted by molar-refractivity contribution is 5.86. The van der Waals surface area contributed by atoms with Gasteiger partial charge in [0.15, 0.2) is 0 Å². The summed E-state index contributed by atoms with van der Waals surface area (Å²) in [4.78, 5) is 0. The van der Waals surface area contributed by atoms with E-state index in [-0.39, 0.29) is 0 Å². The first-order valence-corrected chi connectivity index (χ1v) is 30.6. The Bertz CT molecular complexity index is 4290. The maximum atomic E-state index is 2.34. The summed E-state index contributed by atoms with van der Waals surface area (Å²) in [6, 6.07) is 49.6. The first kappa shape index (κ1) is 57.0. The lowest BCUT2D eigenvalue weighted by atomic mass is 9.89. The van der Waals surface area contributed by atoms with Gasteiger partial charge in [-0.05, 0) is 357 Å². The molecule has 0 saturated carbocycles. The average Bonchev–Trinajstić information content (AvgIpc) is 3.54. The number of benzene rings is 10. The lowest BCUT2D eigenvalue weighted by Gasteiger charge is -2.16. The van der Waals surface area contributed by atoms with Crippen LogP contribution in [-0.2, 0) is 32.1 Å². The third kappa shape index (κ3) is 10.2. The highest BCUT2D eigenvalue weighted by atomic mass is 14.3. The van der Waals surface area contributed by atoms with Gasteiger partial charge in [0.25, 0.3) is 0 Å². The molecule has 0 radical (unpaired) electrons. The Labute approximate surface area is 498 Å². The number of rotatable bonds is 0. The Morgan fingerprint density at radius 1 is 0.193 bits per heavy atom. The summed E-state index contributed by atoms with van der Waals surface area (Å²) in [7, 11) is 0. The predicted molar refractivity (Wildman–Crippen MR) is 359 cm³/mol. The maximum absolute atomic E-state index is 2.34. The van der Waals surface area contributed by atoms with Crippen LogP contribution in [0.15, 0.2) is 133 Å². The van der Waals surface area contributed by atoms with Gasteiger partial charge in [0.1, 0.15) is 0 Å². The summed E-state index contributed by atoms with van der Waals surface area (Å²) in [6.07, 6.45) is 5.54. The predicted octanol–water partition coefficient (Wildman–Crippen LogP) is 21.8. The fourth-order valence-electron chi connectivity index (χ4n) is 14.7. The largest absolute Gasteiger partial charge is 0.0619 e. The topological polar surface area (TPSA) is 0 Å². The van der Waals surface area contributed by atoms with E-state index in [0.717, 1.165) is 32.1 Å². The molecule has 10 aromatic rings. The molecule has 10 aromatic carbocycles. The molecule has 15 rings (SSSR count). The van der Waals surface area contributed by atoms with E-state index in [4.69, 9.17) is 0 Å². The number of fused-ring (bicyclic) bond motifs is 15. The van der Waals surface area contributed by atoms with Crippen LogP contribution in [0.4, 0.5) is 0 Å². The zero-order valence-corrected chi connectivity index (χ0v) is 53.2. The van der Waals surface area contributed by atoms with Crippen molar-refractivity contribution < 1.29 is 0 Å². The second-order valence-electron chi connectivity index (χ2n) is 25.5. The molecular formula is C83H86. The van der Waals surface area contributed by atoms with Crippen molar-refractivity contribution in [3.05, 3.63) is 289 Å². The fraction of sp³-hybridized carbons (Fsp3) is 0.277. The third-order valence-electron chi connectivity index (χ3n) is 20.3. The molecule has 418 valence electrons. The Morgan fingerprint density at radius 2 is 0.639 bits per heavy atom. The Hall–Kier alpha value is -7.80. The molecule has 0 aromatic heterocycles. The summed E-state index contributed by atoms with van der Waals surface area (Å²) >= 11 is 0. The summed E-state index contributed by atoms with van der Waals surface area (Å²) in [6.45, 7) is 40.1. The molecule has 0 aliphatic heterocycles. The van der Waals surface area contributed by atoms with Crippen LogP contribution in [0, 0.1) is 125 Å². The molecule has 0 nitrogen and oxygen atoms in total. The molecule has 0 heterocycles. The van der Waals surface area contributed by atoms with E-state index in [0.29, 0.717) is 0 Å². The van der Waals surface area contributed by atoms with E-state index in [1.54, 1.807) is 5.56 Å². The molecule has 0 heteroatoms. The monoisotopic (exact) mass is 1080 g/mol. The second-order valence-corrected chi connectivity index (χ2v) is 25.5. The van der Waals surface area contributed by atoms with Gasteiger partial charge in [0.2, 0.25) is 0 Å². The highest BCUT2D eigenvalue weighted by Gasteiger charge is 2.28. The van der Waals surface area contributed by atoms with Crippen molar-refractivity contribution in [1.29, 1.82) is 0 Å². The first-order valence-electron chi connectivity index (χ1n) is 30.6. The molecular weight excluding hydrogens is 997 g/mol. The zero-order valence-electron chi connectivity index (χ0n) is 53.2. The molecule has 0 bridgehead atoms. The molecule has 0 N–H and O–H groups in total. The minimum absolute atomic E-state index is 1.10. The van der Waals surface area contributed by atoms with E-state index in [2.05, 4.69) is 258 Å². The third-order valence-corrected chi connectivity index (χ3v) is 20.3. The van der Waals surface area contributed by atoms with Crippen LogP contribution in [-0.4, -0.2) is 0 Å². The highest BCUT2D eigenvalue weighted by Crippen LogP contribution is 2.47. The SMILES string of the molecule is Cc1c(C)c(C)c2c(c1C)Cc1ccccc1-2.Cc1cc(C)c2c(c1C)-c1c(C)cccc1C2.Cc1ccc2c(c1)-c1c(C)c(C)cc(C)c1C2.Cc1ccc2c(c1)Cc1ccc(C)c(C)c1-2.Cc1ccc2c(c1C)-c1cccc(C)c1C2. The number of aryl methyl sites for hydroxylation is 10. The van der Waals surface area contributed by atoms with Crippen molar-refractivity contribution in [2.24, 2.45) is 0 Å². The minimum Gasteiger partial charge on any atom is -0.0619 e. The van der Waals surface area contributed by atoms with Crippen molar-refractivity contribution in [2.75, 3.05) is 0 Å². The second kappa shape index (κ2) is 22.4. The molecule has 0 fully saturated rings. The van der Waals surface area contributed by atoms with Gasteiger partial charge in [0.05, 0.1) is 0 Å². The van der Waals surface area contributed by atoms with Crippen LogP contribution >= 0.6 is 0 Å². The van der Waals surface area contributed by atoms with E-state index in [9.17, 15) is 0 Å². The summed E-state index contributed by atoms with van der Waals surface area (Å²) in [5.41, 5.74) is 55.6. The Kier molecular flexibility index (Phi) is 15.4. The fourth-order valence-corrected chi connectivity index (χ4v) is 14.7. The molecule has 83 heavy (non-hydrogen) atoms. The van der Waals surface area contributed by atoms with Crippen LogP contribution in [0.3, 0.4) is 0 Å². The van der Waals surface area contributed by atoms with Crippen LogP contribution in [0.25, 0.3) is 55.6 Å². The zero-order chi connectivity index (χ0) is 59.0. The Balaban J connectivity index is 0.000000109.